The topological polar surface area (TPSA) is 40.6 Å². The third-order valence-corrected chi connectivity index (χ3v) is 4.71. The van der Waals surface area contributed by atoms with Gasteiger partial charge >= 0.3 is 0 Å². The van der Waals surface area contributed by atoms with Crippen molar-refractivity contribution in [2.45, 2.75) is 6.92 Å². The minimum Gasteiger partial charge on any atom is -0.369 e. The number of hydrogen-bond acceptors (Lipinski definition) is 3. The maximum atomic E-state index is 11.7. The molecule has 0 aromatic heterocycles. The SMILES string of the molecule is C=C/C=C\C(=C)N1CCN(S(=O)(=O)CC)CC1. The van der Waals surface area contributed by atoms with Gasteiger partial charge in [-0.3, -0.25) is 0 Å². The largest absolute Gasteiger partial charge is 0.369 e. The van der Waals surface area contributed by atoms with Crippen LogP contribution in [0.1, 0.15) is 6.92 Å². The molecule has 1 saturated heterocycles. The zero-order valence-corrected chi connectivity index (χ0v) is 11.1. The van der Waals surface area contributed by atoms with Crippen LogP contribution in [0.15, 0.2) is 37.1 Å². The van der Waals surface area contributed by atoms with E-state index in [1.807, 2.05) is 12.2 Å². The highest BCUT2D eigenvalue weighted by molar-refractivity contribution is 7.89. The van der Waals surface area contributed by atoms with Crippen molar-refractivity contribution >= 4 is 10.0 Å². The normalized spacial score (nSPS) is 18.5. The quantitative estimate of drug-likeness (QED) is 0.694. The highest BCUT2D eigenvalue weighted by Crippen LogP contribution is 2.12. The molecule has 0 N–H and O–H groups in total. The van der Waals surface area contributed by atoms with E-state index < -0.39 is 10.0 Å². The summed E-state index contributed by atoms with van der Waals surface area (Å²) in [7, 11) is -3.04. The van der Waals surface area contributed by atoms with E-state index >= 15 is 0 Å². The van der Waals surface area contributed by atoms with Gasteiger partial charge in [-0.15, -0.1) is 0 Å². The molecule has 0 aromatic carbocycles. The minimum atomic E-state index is -3.04. The standard InChI is InChI=1S/C12H20N2O2S/c1-4-6-7-12(3)13-8-10-14(11-9-13)17(15,16)5-2/h4,6-7H,1,3,5,8-11H2,2H3/b7-6-. The molecular formula is C12H20N2O2S. The van der Waals surface area contributed by atoms with Gasteiger partial charge in [-0.05, 0) is 13.0 Å². The van der Waals surface area contributed by atoms with Gasteiger partial charge in [0.25, 0.3) is 0 Å². The van der Waals surface area contributed by atoms with Crippen LogP contribution in [0.3, 0.4) is 0 Å². The zero-order valence-electron chi connectivity index (χ0n) is 10.3. The molecular weight excluding hydrogens is 236 g/mol. The van der Waals surface area contributed by atoms with Crippen molar-refractivity contribution in [3.8, 4) is 0 Å². The van der Waals surface area contributed by atoms with E-state index in [2.05, 4.69) is 18.1 Å². The van der Waals surface area contributed by atoms with Crippen molar-refractivity contribution in [2.75, 3.05) is 31.9 Å². The summed E-state index contributed by atoms with van der Waals surface area (Å²) in [5.74, 6) is 0.171. The van der Waals surface area contributed by atoms with E-state index in [-0.39, 0.29) is 5.75 Å². The first-order chi connectivity index (χ1) is 8.01. The van der Waals surface area contributed by atoms with E-state index in [9.17, 15) is 8.42 Å². The third-order valence-electron chi connectivity index (χ3n) is 2.83. The molecule has 0 amide bonds. The molecule has 0 saturated carbocycles. The van der Waals surface area contributed by atoms with E-state index in [0.29, 0.717) is 26.2 Å². The van der Waals surface area contributed by atoms with Gasteiger partial charge in [0.1, 0.15) is 0 Å². The second kappa shape index (κ2) is 6.02. The first-order valence-corrected chi connectivity index (χ1v) is 7.33. The van der Waals surface area contributed by atoms with E-state index in [4.69, 9.17) is 0 Å². The summed E-state index contributed by atoms with van der Waals surface area (Å²) in [4.78, 5) is 2.08. The molecule has 0 unspecified atom stereocenters. The number of sulfonamides is 1. The molecule has 0 aromatic rings. The Morgan fingerprint density at radius 1 is 1.29 bits per heavy atom. The highest BCUT2D eigenvalue weighted by Gasteiger charge is 2.25. The Morgan fingerprint density at radius 3 is 2.35 bits per heavy atom. The van der Waals surface area contributed by atoms with Gasteiger partial charge in [0.05, 0.1) is 5.75 Å². The smallest absolute Gasteiger partial charge is 0.213 e. The van der Waals surface area contributed by atoms with Crippen LogP contribution in [0.5, 0.6) is 0 Å². The van der Waals surface area contributed by atoms with Gasteiger partial charge in [-0.2, -0.15) is 4.31 Å². The van der Waals surface area contributed by atoms with Crippen LogP contribution in [0.2, 0.25) is 0 Å². The van der Waals surface area contributed by atoms with Crippen LogP contribution in [0, 0.1) is 0 Å². The predicted octanol–water partition coefficient (Wildman–Crippen LogP) is 1.21. The van der Waals surface area contributed by atoms with E-state index in [0.717, 1.165) is 5.70 Å². The summed E-state index contributed by atoms with van der Waals surface area (Å²) in [5, 5.41) is 0. The van der Waals surface area contributed by atoms with Crippen molar-refractivity contribution in [2.24, 2.45) is 0 Å². The Kier molecular flexibility index (Phi) is 4.96. The first-order valence-electron chi connectivity index (χ1n) is 5.72. The first kappa shape index (κ1) is 14.0. The minimum absolute atomic E-state index is 0.171. The molecule has 1 heterocycles. The van der Waals surface area contributed by atoms with Gasteiger partial charge in [0.2, 0.25) is 10.0 Å². The Labute approximate surface area is 104 Å². The molecule has 96 valence electrons. The van der Waals surface area contributed by atoms with Gasteiger partial charge in [-0.25, -0.2) is 8.42 Å². The average Bonchev–Trinajstić information content (AvgIpc) is 2.36. The lowest BCUT2D eigenvalue weighted by molar-refractivity contribution is 0.235. The van der Waals surface area contributed by atoms with Crippen molar-refractivity contribution in [1.29, 1.82) is 0 Å². The summed E-state index contributed by atoms with van der Waals surface area (Å²) in [6, 6.07) is 0. The molecule has 17 heavy (non-hydrogen) atoms. The summed E-state index contributed by atoms with van der Waals surface area (Å²) in [5.41, 5.74) is 0.901. The molecule has 4 nitrogen and oxygen atoms in total. The summed E-state index contributed by atoms with van der Waals surface area (Å²) in [6.45, 7) is 11.7. The maximum absolute atomic E-state index is 11.7. The second-order valence-electron chi connectivity index (χ2n) is 3.87. The van der Waals surface area contributed by atoms with Crippen molar-refractivity contribution in [3.63, 3.8) is 0 Å². The fraction of sp³-hybridized carbons (Fsp3) is 0.500. The Bertz CT molecular complexity index is 404. The number of hydrogen-bond donors (Lipinski definition) is 0. The van der Waals surface area contributed by atoms with Gasteiger partial charge in [-0.1, -0.05) is 25.3 Å². The third kappa shape index (κ3) is 3.71. The molecule has 0 spiro atoms. The van der Waals surface area contributed by atoms with Crippen molar-refractivity contribution < 1.29 is 8.42 Å². The van der Waals surface area contributed by atoms with Gasteiger partial charge in [0.15, 0.2) is 0 Å². The summed E-state index contributed by atoms with van der Waals surface area (Å²) >= 11 is 0. The van der Waals surface area contributed by atoms with Crippen molar-refractivity contribution in [1.82, 2.24) is 9.21 Å². The number of nitrogens with zero attached hydrogens (tertiary/aromatic N) is 2. The van der Waals surface area contributed by atoms with Crippen LogP contribution in [-0.4, -0.2) is 49.6 Å². The molecule has 1 rings (SSSR count). The Hall–Kier alpha value is -1.07. The Morgan fingerprint density at radius 2 is 1.88 bits per heavy atom. The molecule has 1 aliphatic heterocycles. The van der Waals surface area contributed by atoms with Crippen LogP contribution in [0.4, 0.5) is 0 Å². The van der Waals surface area contributed by atoms with Crippen LogP contribution in [0.25, 0.3) is 0 Å². The number of piperazine rings is 1. The molecule has 0 atom stereocenters. The molecule has 1 fully saturated rings. The van der Waals surface area contributed by atoms with E-state index in [1.54, 1.807) is 17.3 Å². The molecule has 0 bridgehead atoms. The van der Waals surface area contributed by atoms with E-state index in [1.165, 1.54) is 0 Å². The fourth-order valence-corrected chi connectivity index (χ4v) is 2.81. The van der Waals surface area contributed by atoms with Crippen LogP contribution in [-0.2, 0) is 10.0 Å². The zero-order chi connectivity index (χ0) is 12.9. The lowest BCUT2D eigenvalue weighted by atomic mass is 10.3. The number of allylic oxidation sites excluding steroid dienone is 3. The lowest BCUT2D eigenvalue weighted by Gasteiger charge is -2.35. The number of rotatable bonds is 5. The molecule has 5 heteroatoms. The lowest BCUT2D eigenvalue weighted by Crippen LogP contribution is -2.48. The molecule has 0 aliphatic carbocycles. The van der Waals surface area contributed by atoms with Gasteiger partial charge < -0.3 is 4.90 Å². The second-order valence-corrected chi connectivity index (χ2v) is 6.13. The van der Waals surface area contributed by atoms with Crippen LogP contribution < -0.4 is 0 Å². The van der Waals surface area contributed by atoms with Gasteiger partial charge in [0, 0.05) is 31.9 Å². The van der Waals surface area contributed by atoms with Crippen LogP contribution >= 0.6 is 0 Å². The highest BCUT2D eigenvalue weighted by atomic mass is 32.2. The maximum Gasteiger partial charge on any atom is 0.213 e. The molecule has 1 aliphatic rings. The summed E-state index contributed by atoms with van der Waals surface area (Å²) < 4.78 is 24.9. The predicted molar refractivity (Wildman–Crippen MR) is 71.1 cm³/mol. The fourth-order valence-electron chi connectivity index (χ4n) is 1.72. The summed E-state index contributed by atoms with van der Waals surface area (Å²) in [6.07, 6.45) is 5.41. The van der Waals surface area contributed by atoms with Crippen molar-refractivity contribution in [3.05, 3.63) is 37.1 Å². The Balaban J connectivity index is 2.54. The average molecular weight is 256 g/mol. The monoisotopic (exact) mass is 256 g/mol. The molecule has 0 radical (unpaired) electrons.